The average Bonchev–Trinajstić information content (AvgIpc) is 2.87. The van der Waals surface area contributed by atoms with Gasteiger partial charge in [-0.1, -0.05) is 38.1 Å². The van der Waals surface area contributed by atoms with Gasteiger partial charge in [0.15, 0.2) is 0 Å². The zero-order valence-corrected chi connectivity index (χ0v) is 13.3. The molecular weight excluding hydrogens is 262 g/mol. The highest BCUT2D eigenvalue weighted by Gasteiger charge is 2.21. The topological polar surface area (TPSA) is 41.5 Å². The van der Waals surface area contributed by atoms with Gasteiger partial charge in [0, 0.05) is 19.2 Å². The second-order valence-electron chi connectivity index (χ2n) is 6.46. The maximum absolute atomic E-state index is 9.98. The van der Waals surface area contributed by atoms with E-state index in [9.17, 15) is 5.11 Å². The minimum Gasteiger partial charge on any atom is -0.389 e. The Bertz CT molecular complexity index is 419. The lowest BCUT2D eigenvalue weighted by molar-refractivity contribution is 0.0334. The van der Waals surface area contributed by atoms with E-state index >= 15 is 0 Å². The summed E-state index contributed by atoms with van der Waals surface area (Å²) in [5, 5.41) is 13.4. The maximum Gasteiger partial charge on any atom is 0.0897 e. The van der Waals surface area contributed by atoms with Gasteiger partial charge in [-0.05, 0) is 42.7 Å². The number of nitrogens with one attached hydrogen (secondary N) is 1. The van der Waals surface area contributed by atoms with E-state index in [1.54, 1.807) is 0 Å². The van der Waals surface area contributed by atoms with Crippen LogP contribution in [0.1, 0.15) is 50.3 Å². The van der Waals surface area contributed by atoms with Crippen molar-refractivity contribution >= 4 is 0 Å². The number of aliphatic hydroxyl groups is 1. The molecule has 0 aromatic heterocycles. The number of hydrogen-bond donors (Lipinski definition) is 2. The SMILES string of the molecule is CC(C)CCCOCC(O)CNC1CCc2ccccc21. The molecule has 0 bridgehead atoms. The summed E-state index contributed by atoms with van der Waals surface area (Å²) < 4.78 is 5.54. The summed E-state index contributed by atoms with van der Waals surface area (Å²) in [6, 6.07) is 8.96. The molecule has 0 aliphatic heterocycles. The van der Waals surface area contributed by atoms with Gasteiger partial charge in [-0.15, -0.1) is 0 Å². The molecule has 1 aliphatic rings. The number of rotatable bonds is 9. The van der Waals surface area contributed by atoms with E-state index in [4.69, 9.17) is 4.74 Å². The Morgan fingerprint density at radius 1 is 1.33 bits per heavy atom. The first-order valence-corrected chi connectivity index (χ1v) is 8.24. The van der Waals surface area contributed by atoms with E-state index in [0.29, 0.717) is 19.2 Å². The monoisotopic (exact) mass is 291 g/mol. The molecule has 21 heavy (non-hydrogen) atoms. The molecule has 3 nitrogen and oxygen atoms in total. The van der Waals surface area contributed by atoms with Crippen LogP contribution >= 0.6 is 0 Å². The van der Waals surface area contributed by atoms with Crippen LogP contribution in [0, 0.1) is 5.92 Å². The van der Waals surface area contributed by atoms with Crippen molar-refractivity contribution in [3.05, 3.63) is 35.4 Å². The van der Waals surface area contributed by atoms with Crippen molar-refractivity contribution < 1.29 is 9.84 Å². The Morgan fingerprint density at radius 3 is 2.95 bits per heavy atom. The summed E-state index contributed by atoms with van der Waals surface area (Å²) in [6.45, 7) is 6.22. The van der Waals surface area contributed by atoms with Gasteiger partial charge in [-0.3, -0.25) is 0 Å². The summed E-state index contributed by atoms with van der Waals surface area (Å²) in [6.07, 6.45) is 4.11. The lowest BCUT2D eigenvalue weighted by Crippen LogP contribution is -2.32. The average molecular weight is 291 g/mol. The summed E-state index contributed by atoms with van der Waals surface area (Å²) >= 11 is 0. The van der Waals surface area contributed by atoms with Crippen LogP contribution in [0.4, 0.5) is 0 Å². The zero-order valence-electron chi connectivity index (χ0n) is 13.3. The highest BCUT2D eigenvalue weighted by Crippen LogP contribution is 2.30. The van der Waals surface area contributed by atoms with Crippen LogP contribution in [0.15, 0.2) is 24.3 Å². The van der Waals surface area contributed by atoms with Gasteiger partial charge in [-0.25, -0.2) is 0 Å². The molecule has 1 aliphatic carbocycles. The first-order chi connectivity index (χ1) is 10.2. The fraction of sp³-hybridized carbons (Fsp3) is 0.667. The Labute approximate surface area is 128 Å². The van der Waals surface area contributed by atoms with Gasteiger partial charge in [0.25, 0.3) is 0 Å². The molecule has 0 saturated carbocycles. The van der Waals surface area contributed by atoms with Crippen molar-refractivity contribution in [3.63, 3.8) is 0 Å². The largest absolute Gasteiger partial charge is 0.389 e. The molecule has 2 atom stereocenters. The van der Waals surface area contributed by atoms with E-state index in [1.165, 1.54) is 17.5 Å². The highest BCUT2D eigenvalue weighted by atomic mass is 16.5. The van der Waals surface area contributed by atoms with Gasteiger partial charge >= 0.3 is 0 Å². The van der Waals surface area contributed by atoms with Gasteiger partial charge in [-0.2, -0.15) is 0 Å². The molecule has 1 aromatic rings. The third-order valence-electron chi connectivity index (χ3n) is 4.11. The Hall–Kier alpha value is -0.900. The molecule has 1 aromatic carbocycles. The van der Waals surface area contributed by atoms with Crippen molar-refractivity contribution in [3.8, 4) is 0 Å². The second-order valence-corrected chi connectivity index (χ2v) is 6.46. The third kappa shape index (κ3) is 5.42. The number of aliphatic hydroxyl groups excluding tert-OH is 1. The normalized spacial score (nSPS) is 19.0. The molecule has 0 spiro atoms. The number of aryl methyl sites for hydroxylation is 1. The second kappa shape index (κ2) is 8.52. The number of fused-ring (bicyclic) bond motifs is 1. The number of hydrogen-bond acceptors (Lipinski definition) is 3. The maximum atomic E-state index is 9.98. The van der Waals surface area contributed by atoms with Gasteiger partial charge in [0.05, 0.1) is 12.7 Å². The zero-order chi connectivity index (χ0) is 15.1. The van der Waals surface area contributed by atoms with Crippen molar-refractivity contribution in [2.75, 3.05) is 19.8 Å². The highest BCUT2D eigenvalue weighted by molar-refractivity contribution is 5.34. The molecule has 2 unspecified atom stereocenters. The lowest BCUT2D eigenvalue weighted by atomic mass is 10.1. The molecule has 0 amide bonds. The first kappa shape index (κ1) is 16.5. The van der Waals surface area contributed by atoms with Crippen molar-refractivity contribution in [1.82, 2.24) is 5.32 Å². The fourth-order valence-corrected chi connectivity index (χ4v) is 2.92. The molecular formula is C18H29NO2. The Kier molecular flexibility index (Phi) is 6.68. The molecule has 0 heterocycles. The van der Waals surface area contributed by atoms with Crippen LogP contribution < -0.4 is 5.32 Å². The van der Waals surface area contributed by atoms with Crippen LogP contribution in [0.25, 0.3) is 0 Å². The van der Waals surface area contributed by atoms with Crippen LogP contribution in [0.5, 0.6) is 0 Å². The summed E-state index contributed by atoms with van der Waals surface area (Å²) in [7, 11) is 0. The molecule has 2 rings (SSSR count). The van der Waals surface area contributed by atoms with Crippen LogP contribution in [-0.2, 0) is 11.2 Å². The Morgan fingerprint density at radius 2 is 2.14 bits per heavy atom. The summed E-state index contributed by atoms with van der Waals surface area (Å²) in [5.41, 5.74) is 2.83. The summed E-state index contributed by atoms with van der Waals surface area (Å²) in [4.78, 5) is 0. The first-order valence-electron chi connectivity index (χ1n) is 8.24. The molecule has 0 saturated heterocycles. The fourth-order valence-electron chi connectivity index (χ4n) is 2.92. The third-order valence-corrected chi connectivity index (χ3v) is 4.11. The predicted octanol–water partition coefficient (Wildman–Crippen LogP) is 3.08. The van der Waals surface area contributed by atoms with Crippen LogP contribution in [0.3, 0.4) is 0 Å². The molecule has 2 N–H and O–H groups in total. The van der Waals surface area contributed by atoms with Crippen molar-refractivity contribution in [2.45, 2.75) is 51.7 Å². The van der Waals surface area contributed by atoms with Crippen LogP contribution in [0.2, 0.25) is 0 Å². The molecule has 3 heteroatoms. The van der Waals surface area contributed by atoms with Crippen molar-refractivity contribution in [1.29, 1.82) is 0 Å². The smallest absolute Gasteiger partial charge is 0.0897 e. The summed E-state index contributed by atoms with van der Waals surface area (Å²) in [5.74, 6) is 0.725. The minimum absolute atomic E-state index is 0.386. The molecule has 0 radical (unpaired) electrons. The lowest BCUT2D eigenvalue weighted by Gasteiger charge is -2.17. The number of ether oxygens (including phenoxy) is 1. The van der Waals surface area contributed by atoms with Gasteiger partial charge in [0.1, 0.15) is 0 Å². The number of benzene rings is 1. The van der Waals surface area contributed by atoms with Gasteiger partial charge in [0.2, 0.25) is 0 Å². The van der Waals surface area contributed by atoms with E-state index in [2.05, 4.69) is 43.4 Å². The van der Waals surface area contributed by atoms with E-state index in [1.807, 2.05) is 0 Å². The van der Waals surface area contributed by atoms with Crippen molar-refractivity contribution in [2.24, 2.45) is 5.92 Å². The van der Waals surface area contributed by atoms with E-state index < -0.39 is 6.10 Å². The van der Waals surface area contributed by atoms with E-state index in [0.717, 1.165) is 31.8 Å². The van der Waals surface area contributed by atoms with E-state index in [-0.39, 0.29) is 0 Å². The minimum atomic E-state index is -0.420. The van der Waals surface area contributed by atoms with Gasteiger partial charge < -0.3 is 15.2 Å². The molecule has 118 valence electrons. The standard InChI is InChI=1S/C18H29NO2/c1-14(2)6-5-11-21-13-16(20)12-19-18-10-9-15-7-3-4-8-17(15)18/h3-4,7-8,14,16,18-20H,5-6,9-13H2,1-2H3. The van der Waals surface area contributed by atoms with Crippen LogP contribution in [-0.4, -0.2) is 31.0 Å². The Balaban J connectivity index is 1.60. The molecule has 0 fully saturated rings. The predicted molar refractivity (Wildman–Crippen MR) is 86.4 cm³/mol. The quantitative estimate of drug-likeness (QED) is 0.687.